The van der Waals surface area contributed by atoms with Gasteiger partial charge in [0.05, 0.1) is 6.61 Å². The second-order valence-corrected chi connectivity index (χ2v) is 5.98. The molecule has 1 amide bonds. The number of hydrogen-bond acceptors (Lipinski definition) is 3. The molecule has 2 N–H and O–H groups in total. The Balaban J connectivity index is 1.89. The summed E-state index contributed by atoms with van der Waals surface area (Å²) in [6.07, 6.45) is 6.98. The highest BCUT2D eigenvalue weighted by atomic mass is 16.5. The lowest BCUT2D eigenvalue weighted by atomic mass is 9.95. The number of aromatic amines is 1. The second-order valence-electron chi connectivity index (χ2n) is 5.98. The normalized spacial score (nSPS) is 15.5. The first-order chi connectivity index (χ1) is 11.2. The van der Waals surface area contributed by atoms with E-state index < -0.39 is 0 Å². The highest BCUT2D eigenvalue weighted by Gasteiger charge is 2.19. The predicted molar refractivity (Wildman–Crippen MR) is 90.1 cm³/mol. The summed E-state index contributed by atoms with van der Waals surface area (Å²) in [5.41, 5.74) is 0.609. The third-order valence-electron chi connectivity index (χ3n) is 4.35. The fourth-order valence-corrected chi connectivity index (χ4v) is 3.13. The molecular weight excluding hydrogens is 292 g/mol. The smallest absolute Gasteiger partial charge is 0.256 e. The SMILES string of the molecule is CCOc1ccc2[nH]cc(C(=O)NC3CCCCC3)c(=O)c2c1. The largest absolute Gasteiger partial charge is 0.494 e. The molecule has 5 nitrogen and oxygen atoms in total. The van der Waals surface area contributed by atoms with Crippen LogP contribution in [0.3, 0.4) is 0 Å². The van der Waals surface area contributed by atoms with Crippen molar-refractivity contribution in [2.45, 2.75) is 45.1 Å². The molecule has 2 aromatic rings. The number of amides is 1. The van der Waals surface area contributed by atoms with Gasteiger partial charge in [0.2, 0.25) is 5.43 Å². The lowest BCUT2D eigenvalue weighted by Crippen LogP contribution is -2.38. The van der Waals surface area contributed by atoms with Gasteiger partial charge in [0.1, 0.15) is 11.3 Å². The molecule has 0 saturated heterocycles. The standard InChI is InChI=1S/C18H22N2O3/c1-2-23-13-8-9-16-14(10-13)17(21)15(11-19-16)18(22)20-12-6-4-3-5-7-12/h8-12H,2-7H2,1H3,(H,19,21)(H,20,22). The number of rotatable bonds is 4. The Labute approximate surface area is 135 Å². The Bertz CT molecular complexity index is 760. The maximum absolute atomic E-state index is 12.6. The highest BCUT2D eigenvalue weighted by Crippen LogP contribution is 2.19. The molecule has 0 bridgehead atoms. The maximum Gasteiger partial charge on any atom is 0.256 e. The zero-order valence-electron chi connectivity index (χ0n) is 13.4. The van der Waals surface area contributed by atoms with Crippen molar-refractivity contribution in [2.75, 3.05) is 6.61 Å². The molecule has 1 aliphatic carbocycles. The Kier molecular flexibility index (Phi) is 4.65. The summed E-state index contributed by atoms with van der Waals surface area (Å²) in [4.78, 5) is 28.1. The Morgan fingerprint density at radius 3 is 2.83 bits per heavy atom. The van der Waals surface area contributed by atoms with E-state index in [1.165, 1.54) is 12.6 Å². The summed E-state index contributed by atoms with van der Waals surface area (Å²) in [5, 5.41) is 3.47. The molecule has 1 aromatic heterocycles. The van der Waals surface area contributed by atoms with Crippen molar-refractivity contribution in [3.8, 4) is 5.75 Å². The molecule has 122 valence electrons. The van der Waals surface area contributed by atoms with E-state index in [1.807, 2.05) is 13.0 Å². The molecule has 0 aliphatic heterocycles. The first-order valence-corrected chi connectivity index (χ1v) is 8.28. The maximum atomic E-state index is 12.6. The zero-order chi connectivity index (χ0) is 16.2. The van der Waals surface area contributed by atoms with E-state index in [9.17, 15) is 9.59 Å². The molecule has 1 aromatic carbocycles. The molecule has 1 aliphatic rings. The van der Waals surface area contributed by atoms with Crippen LogP contribution in [0.4, 0.5) is 0 Å². The van der Waals surface area contributed by atoms with Gasteiger partial charge in [-0.1, -0.05) is 19.3 Å². The second kappa shape index (κ2) is 6.86. The summed E-state index contributed by atoms with van der Waals surface area (Å²) in [6, 6.07) is 5.48. The van der Waals surface area contributed by atoms with Gasteiger partial charge in [0.25, 0.3) is 5.91 Å². The van der Waals surface area contributed by atoms with Gasteiger partial charge in [-0.15, -0.1) is 0 Å². The molecule has 23 heavy (non-hydrogen) atoms. The van der Waals surface area contributed by atoms with Crippen LogP contribution in [0.5, 0.6) is 5.75 Å². The number of ether oxygens (including phenoxy) is 1. The van der Waals surface area contributed by atoms with E-state index in [0.717, 1.165) is 25.7 Å². The molecular formula is C18H22N2O3. The minimum atomic E-state index is -0.290. The van der Waals surface area contributed by atoms with Crippen molar-refractivity contribution in [2.24, 2.45) is 0 Å². The van der Waals surface area contributed by atoms with Crippen LogP contribution in [0.15, 0.2) is 29.2 Å². The molecule has 0 unspecified atom stereocenters. The number of carbonyl (C=O) groups excluding carboxylic acids is 1. The lowest BCUT2D eigenvalue weighted by molar-refractivity contribution is 0.0926. The average molecular weight is 314 g/mol. The first-order valence-electron chi connectivity index (χ1n) is 8.28. The Morgan fingerprint density at radius 1 is 1.30 bits per heavy atom. The first kappa shape index (κ1) is 15.6. The molecule has 3 rings (SSSR count). The summed E-state index contributed by atoms with van der Waals surface area (Å²) in [5.74, 6) is 0.345. The van der Waals surface area contributed by atoms with Gasteiger partial charge < -0.3 is 15.0 Å². The Morgan fingerprint density at radius 2 is 2.09 bits per heavy atom. The van der Waals surface area contributed by atoms with Crippen LogP contribution < -0.4 is 15.5 Å². The molecule has 1 saturated carbocycles. The summed E-state index contributed by atoms with van der Waals surface area (Å²) >= 11 is 0. The van der Waals surface area contributed by atoms with Gasteiger partial charge in [0.15, 0.2) is 0 Å². The van der Waals surface area contributed by atoms with Crippen LogP contribution in [0.25, 0.3) is 10.9 Å². The van der Waals surface area contributed by atoms with Gasteiger partial charge in [-0.2, -0.15) is 0 Å². The van der Waals surface area contributed by atoms with E-state index in [4.69, 9.17) is 4.74 Å². The highest BCUT2D eigenvalue weighted by molar-refractivity contribution is 5.97. The van der Waals surface area contributed by atoms with Gasteiger partial charge in [-0.25, -0.2) is 0 Å². The quantitative estimate of drug-likeness (QED) is 0.911. The number of fused-ring (bicyclic) bond motifs is 1. The number of pyridine rings is 1. The fourth-order valence-electron chi connectivity index (χ4n) is 3.13. The van der Waals surface area contributed by atoms with E-state index in [1.54, 1.807) is 12.1 Å². The third-order valence-corrected chi connectivity index (χ3v) is 4.35. The third kappa shape index (κ3) is 3.38. The minimum absolute atomic E-state index is 0.164. The van der Waals surface area contributed by atoms with Crippen molar-refractivity contribution >= 4 is 16.8 Å². The Hall–Kier alpha value is -2.30. The van der Waals surface area contributed by atoms with Crippen LogP contribution >= 0.6 is 0 Å². The van der Waals surface area contributed by atoms with Gasteiger partial charge in [-0.05, 0) is 38.0 Å². The molecule has 0 atom stereocenters. The van der Waals surface area contributed by atoms with Crippen molar-refractivity contribution in [1.29, 1.82) is 0 Å². The summed E-state index contributed by atoms with van der Waals surface area (Å²) in [6.45, 7) is 2.42. The number of carbonyl (C=O) groups is 1. The van der Waals surface area contributed by atoms with Crippen molar-refractivity contribution in [3.05, 3.63) is 40.2 Å². The van der Waals surface area contributed by atoms with E-state index in [0.29, 0.717) is 23.3 Å². The van der Waals surface area contributed by atoms with Gasteiger partial charge >= 0.3 is 0 Å². The summed E-state index contributed by atoms with van der Waals surface area (Å²) in [7, 11) is 0. The van der Waals surface area contributed by atoms with Crippen LogP contribution in [0.2, 0.25) is 0 Å². The van der Waals surface area contributed by atoms with Crippen molar-refractivity contribution < 1.29 is 9.53 Å². The number of benzene rings is 1. The van der Waals surface area contributed by atoms with Crippen LogP contribution in [-0.2, 0) is 0 Å². The van der Waals surface area contributed by atoms with E-state index in [2.05, 4.69) is 10.3 Å². The van der Waals surface area contributed by atoms with Crippen molar-refractivity contribution in [3.63, 3.8) is 0 Å². The topological polar surface area (TPSA) is 71.2 Å². The van der Waals surface area contributed by atoms with Crippen LogP contribution in [-0.4, -0.2) is 23.5 Å². The van der Waals surface area contributed by atoms with Gasteiger partial charge in [-0.3, -0.25) is 9.59 Å². The molecule has 0 radical (unpaired) electrons. The number of aromatic nitrogens is 1. The van der Waals surface area contributed by atoms with E-state index >= 15 is 0 Å². The molecule has 0 spiro atoms. The average Bonchev–Trinajstić information content (AvgIpc) is 2.57. The molecule has 5 heteroatoms. The number of H-pyrrole nitrogens is 1. The predicted octanol–water partition coefficient (Wildman–Crippen LogP) is 2.99. The molecule has 1 heterocycles. The minimum Gasteiger partial charge on any atom is -0.494 e. The summed E-state index contributed by atoms with van der Waals surface area (Å²) < 4.78 is 5.44. The number of hydrogen-bond donors (Lipinski definition) is 2. The van der Waals surface area contributed by atoms with Crippen LogP contribution in [0, 0.1) is 0 Å². The molecule has 1 fully saturated rings. The fraction of sp³-hybridized carbons (Fsp3) is 0.444. The van der Waals surface area contributed by atoms with E-state index in [-0.39, 0.29) is 22.9 Å². The lowest BCUT2D eigenvalue weighted by Gasteiger charge is -2.22. The van der Waals surface area contributed by atoms with Crippen LogP contribution in [0.1, 0.15) is 49.4 Å². The monoisotopic (exact) mass is 314 g/mol. The zero-order valence-corrected chi connectivity index (χ0v) is 13.4. The van der Waals surface area contributed by atoms with Crippen molar-refractivity contribution in [1.82, 2.24) is 10.3 Å². The van der Waals surface area contributed by atoms with Gasteiger partial charge in [0, 0.05) is 23.1 Å². The number of nitrogens with one attached hydrogen (secondary N) is 2.